The van der Waals surface area contributed by atoms with Gasteiger partial charge in [0.2, 0.25) is 0 Å². The molecule has 1 unspecified atom stereocenters. The van der Waals surface area contributed by atoms with Crippen LogP contribution in [-0.2, 0) is 26.4 Å². The molecule has 0 aromatic heterocycles. The standard InChI is InChI=1S/C49H76O3S/c1-15-16-17-18-19-20-21-22-23-24-25-48(14,36-29-39(45(5,6)7)42(50)26-33(36)2)32-49(53,37-30-40(46(8,9)10)43(51)27-34(37)3)38-31-41(47(11,12)13)44(52)28-35(38)4/h26-31,50-53H,15-25,32H2,1-14H3. The number of hydrogen-bond acceptors (Lipinski definition) is 4. The fourth-order valence-corrected chi connectivity index (χ4v) is 9.47. The number of aromatic hydroxyl groups is 3. The minimum Gasteiger partial charge on any atom is -0.508 e. The second-order valence-electron chi connectivity index (χ2n) is 19.8. The van der Waals surface area contributed by atoms with Crippen molar-refractivity contribution in [2.24, 2.45) is 0 Å². The van der Waals surface area contributed by atoms with Gasteiger partial charge in [-0.05, 0) is 136 Å². The van der Waals surface area contributed by atoms with Gasteiger partial charge in [-0.15, -0.1) is 0 Å². The minimum atomic E-state index is -0.783. The molecule has 3 N–H and O–H groups in total. The van der Waals surface area contributed by atoms with E-state index in [9.17, 15) is 15.3 Å². The summed E-state index contributed by atoms with van der Waals surface area (Å²) >= 11 is 5.89. The van der Waals surface area contributed by atoms with Crippen LogP contribution in [0.25, 0.3) is 0 Å². The highest BCUT2D eigenvalue weighted by molar-refractivity contribution is 7.81. The molecule has 0 heterocycles. The topological polar surface area (TPSA) is 60.7 Å². The monoisotopic (exact) mass is 745 g/mol. The maximum atomic E-state index is 11.3. The lowest BCUT2D eigenvalue weighted by Crippen LogP contribution is -2.36. The Labute approximate surface area is 330 Å². The Balaban J connectivity index is 2.28. The summed E-state index contributed by atoms with van der Waals surface area (Å²) in [4.78, 5) is 0. The number of phenolic OH excluding ortho intramolecular Hbond substituents is 3. The molecule has 0 saturated carbocycles. The zero-order chi connectivity index (χ0) is 40.2. The van der Waals surface area contributed by atoms with Gasteiger partial charge in [-0.25, -0.2) is 0 Å². The third-order valence-electron chi connectivity index (χ3n) is 11.7. The van der Waals surface area contributed by atoms with Gasteiger partial charge < -0.3 is 15.3 Å². The Morgan fingerprint density at radius 2 is 0.736 bits per heavy atom. The Morgan fingerprint density at radius 1 is 0.434 bits per heavy atom. The maximum Gasteiger partial charge on any atom is 0.119 e. The molecule has 0 aliphatic rings. The molecule has 53 heavy (non-hydrogen) atoms. The predicted molar refractivity (Wildman–Crippen MR) is 233 cm³/mol. The molecule has 0 aliphatic carbocycles. The third-order valence-corrected chi connectivity index (χ3v) is 12.4. The first-order valence-electron chi connectivity index (χ1n) is 20.6. The first-order valence-corrected chi connectivity index (χ1v) is 21.1. The van der Waals surface area contributed by atoms with Gasteiger partial charge >= 0.3 is 0 Å². The van der Waals surface area contributed by atoms with Gasteiger partial charge in [0.05, 0.1) is 4.75 Å². The number of hydrogen-bond donors (Lipinski definition) is 4. The highest BCUT2D eigenvalue weighted by Gasteiger charge is 2.44. The van der Waals surface area contributed by atoms with Crippen LogP contribution in [0, 0.1) is 20.8 Å². The molecule has 0 radical (unpaired) electrons. The summed E-state index contributed by atoms with van der Waals surface area (Å²) in [7, 11) is 0. The molecule has 0 fully saturated rings. The van der Waals surface area contributed by atoms with E-state index in [4.69, 9.17) is 12.6 Å². The second-order valence-corrected chi connectivity index (χ2v) is 20.6. The zero-order valence-electron chi connectivity index (χ0n) is 36.2. The molecule has 0 spiro atoms. The van der Waals surface area contributed by atoms with E-state index in [1.807, 2.05) is 18.2 Å². The van der Waals surface area contributed by atoms with Crippen molar-refractivity contribution in [2.45, 2.75) is 200 Å². The number of thiol groups is 1. The summed E-state index contributed by atoms with van der Waals surface area (Å²) in [6.07, 6.45) is 14.5. The molecular weight excluding hydrogens is 669 g/mol. The maximum absolute atomic E-state index is 11.3. The van der Waals surface area contributed by atoms with E-state index in [1.54, 1.807) is 0 Å². The van der Waals surface area contributed by atoms with Crippen LogP contribution in [0.15, 0.2) is 36.4 Å². The molecule has 0 aliphatic heterocycles. The first kappa shape index (κ1) is 44.8. The third kappa shape index (κ3) is 11.0. The molecule has 4 heteroatoms. The van der Waals surface area contributed by atoms with E-state index in [0.29, 0.717) is 23.7 Å². The molecule has 3 rings (SSSR count). The second kappa shape index (κ2) is 17.5. The average molecular weight is 745 g/mol. The van der Waals surface area contributed by atoms with Crippen molar-refractivity contribution in [1.82, 2.24) is 0 Å². The number of benzene rings is 3. The van der Waals surface area contributed by atoms with Gasteiger partial charge in [-0.1, -0.05) is 146 Å². The molecule has 296 valence electrons. The van der Waals surface area contributed by atoms with Crippen LogP contribution in [-0.4, -0.2) is 15.3 Å². The normalized spacial score (nSPS) is 14.1. The smallest absolute Gasteiger partial charge is 0.119 e. The zero-order valence-corrected chi connectivity index (χ0v) is 37.1. The van der Waals surface area contributed by atoms with E-state index in [2.05, 4.69) is 115 Å². The van der Waals surface area contributed by atoms with Gasteiger partial charge in [-0.3, -0.25) is 0 Å². The van der Waals surface area contributed by atoms with Gasteiger partial charge in [0.25, 0.3) is 0 Å². The lowest BCUT2D eigenvalue weighted by molar-refractivity contribution is 0.346. The van der Waals surface area contributed by atoms with Crippen molar-refractivity contribution >= 4 is 12.6 Å². The van der Waals surface area contributed by atoms with E-state index in [-0.39, 0.29) is 21.7 Å². The highest BCUT2D eigenvalue weighted by atomic mass is 32.1. The van der Waals surface area contributed by atoms with Gasteiger partial charge in [0.1, 0.15) is 17.2 Å². The molecule has 0 amide bonds. The highest BCUT2D eigenvalue weighted by Crippen LogP contribution is 2.54. The van der Waals surface area contributed by atoms with Gasteiger partial charge in [0, 0.05) is 0 Å². The molecular formula is C49H76O3S. The number of aryl methyl sites for hydroxylation is 3. The van der Waals surface area contributed by atoms with E-state index in [0.717, 1.165) is 57.3 Å². The lowest BCUT2D eigenvalue weighted by atomic mass is 9.65. The van der Waals surface area contributed by atoms with Crippen LogP contribution in [0.1, 0.15) is 203 Å². The lowest BCUT2D eigenvalue weighted by Gasteiger charge is -2.44. The summed E-state index contributed by atoms with van der Waals surface area (Å²) in [5.41, 5.74) is 8.15. The van der Waals surface area contributed by atoms with Crippen LogP contribution in [0.2, 0.25) is 0 Å². The summed E-state index contributed by atoms with van der Waals surface area (Å²) < 4.78 is -0.783. The van der Waals surface area contributed by atoms with Crippen molar-refractivity contribution in [3.8, 4) is 17.2 Å². The fourth-order valence-electron chi connectivity index (χ4n) is 8.64. The number of phenols is 3. The average Bonchev–Trinajstić information content (AvgIpc) is 2.99. The first-order chi connectivity index (χ1) is 24.4. The van der Waals surface area contributed by atoms with E-state index in [1.165, 1.54) is 63.4 Å². The van der Waals surface area contributed by atoms with E-state index < -0.39 is 4.75 Å². The Bertz CT molecular complexity index is 1610. The van der Waals surface area contributed by atoms with Crippen LogP contribution in [0.4, 0.5) is 0 Å². The van der Waals surface area contributed by atoms with Crippen molar-refractivity contribution < 1.29 is 15.3 Å². The van der Waals surface area contributed by atoms with Crippen LogP contribution < -0.4 is 0 Å². The summed E-state index contributed by atoms with van der Waals surface area (Å²) in [5, 5.41) is 33.8. The SMILES string of the molecule is CCCCCCCCCCCCC(C)(CC(S)(c1cc(C(C)(C)C)c(O)cc1C)c1cc(C(C)(C)C)c(O)cc1C)c1cc(C(C)(C)C)c(O)cc1C. The molecule has 3 aromatic carbocycles. The molecule has 0 saturated heterocycles. The quantitative estimate of drug-likeness (QED) is 0.0872. The molecule has 3 nitrogen and oxygen atoms in total. The largest absolute Gasteiger partial charge is 0.508 e. The Hall–Kier alpha value is -2.59. The van der Waals surface area contributed by atoms with Crippen molar-refractivity contribution in [1.29, 1.82) is 0 Å². The molecule has 3 aromatic rings. The van der Waals surface area contributed by atoms with E-state index >= 15 is 0 Å². The number of rotatable bonds is 16. The Morgan fingerprint density at radius 3 is 1.08 bits per heavy atom. The molecule has 1 atom stereocenters. The van der Waals surface area contributed by atoms with Gasteiger partial charge in [-0.2, -0.15) is 12.6 Å². The summed E-state index contributed by atoms with van der Waals surface area (Å²) in [6, 6.07) is 12.5. The van der Waals surface area contributed by atoms with Crippen molar-refractivity contribution in [3.05, 3.63) is 86.5 Å². The van der Waals surface area contributed by atoms with Crippen LogP contribution in [0.3, 0.4) is 0 Å². The summed E-state index contributed by atoms with van der Waals surface area (Å²) in [6.45, 7) is 30.4. The number of unbranched alkanes of at least 4 members (excludes halogenated alkanes) is 9. The minimum absolute atomic E-state index is 0.229. The van der Waals surface area contributed by atoms with Crippen molar-refractivity contribution in [3.63, 3.8) is 0 Å². The van der Waals surface area contributed by atoms with Gasteiger partial charge in [0.15, 0.2) is 0 Å². The van der Waals surface area contributed by atoms with Crippen LogP contribution in [0.5, 0.6) is 17.2 Å². The molecule has 0 bridgehead atoms. The predicted octanol–water partition coefficient (Wildman–Crippen LogP) is 14.5. The van der Waals surface area contributed by atoms with Crippen molar-refractivity contribution in [2.75, 3.05) is 0 Å². The van der Waals surface area contributed by atoms with Crippen LogP contribution >= 0.6 is 12.6 Å². The fraction of sp³-hybridized carbons (Fsp3) is 0.633. The Kier molecular flexibility index (Phi) is 14.8. The summed E-state index contributed by atoms with van der Waals surface area (Å²) in [5.74, 6) is 0.972.